The highest BCUT2D eigenvalue weighted by atomic mass is 16.6. The van der Waals surface area contributed by atoms with E-state index in [9.17, 15) is 24.3 Å². The Bertz CT molecular complexity index is 1300. The Morgan fingerprint density at radius 2 is 1.76 bits per heavy atom. The molecule has 4 rings (SSSR count). The standard InChI is InChI=1S/C26H34N4O7/c1-23(2,3)36-21(34)28-17-11-14-12-30(22(35)37-24(4,5)6)16-10-8-9-15(18(14)16)25(7,19(31)32)26(17)13-27-20(33)29-26/h8-10,12,17H,11,13H2,1-7H3,(H,28,34)(H,31,32)(H2,27,29,33)/t17-,25-,26+/m0/s1. The van der Waals surface area contributed by atoms with Crippen LogP contribution >= 0.6 is 0 Å². The Labute approximate surface area is 214 Å². The molecule has 1 fully saturated rings. The van der Waals surface area contributed by atoms with Crippen molar-refractivity contribution < 1.29 is 33.8 Å². The van der Waals surface area contributed by atoms with Gasteiger partial charge in [-0.3, -0.25) is 9.36 Å². The van der Waals surface area contributed by atoms with Crippen molar-refractivity contribution in [1.29, 1.82) is 0 Å². The summed E-state index contributed by atoms with van der Waals surface area (Å²) < 4.78 is 12.4. The van der Waals surface area contributed by atoms with Gasteiger partial charge < -0.3 is 30.5 Å². The molecule has 1 aliphatic heterocycles. The Kier molecular flexibility index (Phi) is 5.97. The second-order valence-electron chi connectivity index (χ2n) is 11.8. The van der Waals surface area contributed by atoms with Crippen molar-refractivity contribution in [1.82, 2.24) is 20.5 Å². The van der Waals surface area contributed by atoms with E-state index in [4.69, 9.17) is 9.47 Å². The molecule has 2 aromatic rings. The molecule has 1 spiro atoms. The van der Waals surface area contributed by atoms with Gasteiger partial charge in [0.05, 0.1) is 17.1 Å². The minimum Gasteiger partial charge on any atom is -0.481 e. The number of alkyl carbamates (subject to hydrolysis) is 1. The Hall–Kier alpha value is -3.76. The number of hydrogen-bond donors (Lipinski definition) is 4. The molecule has 2 heterocycles. The molecule has 200 valence electrons. The van der Waals surface area contributed by atoms with Gasteiger partial charge in [0, 0.05) is 18.1 Å². The van der Waals surface area contributed by atoms with E-state index in [1.165, 1.54) is 11.5 Å². The first-order valence-corrected chi connectivity index (χ1v) is 12.1. The van der Waals surface area contributed by atoms with Crippen LogP contribution in [0, 0.1) is 0 Å². The van der Waals surface area contributed by atoms with Crippen LogP contribution in [0.3, 0.4) is 0 Å². The minimum atomic E-state index is -1.71. The summed E-state index contributed by atoms with van der Waals surface area (Å²) in [6.45, 7) is 11.9. The number of hydrogen-bond acceptors (Lipinski definition) is 6. The van der Waals surface area contributed by atoms with Gasteiger partial charge in [-0.1, -0.05) is 12.1 Å². The number of ether oxygens (including phenoxy) is 2. The molecular weight excluding hydrogens is 480 g/mol. The number of carboxylic acid groups (broad SMARTS) is 1. The fraction of sp³-hybridized carbons (Fsp3) is 0.538. The average Bonchev–Trinajstić information content (AvgIpc) is 3.29. The van der Waals surface area contributed by atoms with Crippen LogP contribution < -0.4 is 16.0 Å². The smallest absolute Gasteiger partial charge is 0.419 e. The summed E-state index contributed by atoms with van der Waals surface area (Å²) in [5.74, 6) is -1.20. The van der Waals surface area contributed by atoms with Crippen LogP contribution in [0.4, 0.5) is 14.4 Å². The van der Waals surface area contributed by atoms with Gasteiger partial charge in [-0.05, 0) is 72.1 Å². The first-order chi connectivity index (χ1) is 17.0. The number of nitrogens with one attached hydrogen (secondary N) is 3. The second kappa shape index (κ2) is 8.39. The third kappa shape index (κ3) is 4.36. The molecule has 11 heteroatoms. The maximum atomic E-state index is 13.1. The van der Waals surface area contributed by atoms with Crippen LogP contribution in [0.2, 0.25) is 0 Å². The molecule has 3 atom stereocenters. The number of carboxylic acids is 1. The van der Waals surface area contributed by atoms with E-state index < -0.39 is 52.4 Å². The topological polar surface area (TPSA) is 148 Å². The summed E-state index contributed by atoms with van der Waals surface area (Å²) in [6, 6.07) is 3.62. The third-order valence-electron chi connectivity index (χ3n) is 6.93. The monoisotopic (exact) mass is 514 g/mol. The van der Waals surface area contributed by atoms with Gasteiger partial charge in [-0.2, -0.15) is 0 Å². The lowest BCUT2D eigenvalue weighted by molar-refractivity contribution is -0.147. The molecule has 0 saturated carbocycles. The predicted molar refractivity (Wildman–Crippen MR) is 135 cm³/mol. The highest BCUT2D eigenvalue weighted by molar-refractivity contribution is 6.00. The van der Waals surface area contributed by atoms with Crippen LogP contribution in [0.25, 0.3) is 10.9 Å². The fourth-order valence-corrected chi connectivity index (χ4v) is 5.34. The molecule has 1 aromatic heterocycles. The maximum absolute atomic E-state index is 13.1. The lowest BCUT2D eigenvalue weighted by Gasteiger charge is -2.46. The quantitative estimate of drug-likeness (QED) is 0.481. The van der Waals surface area contributed by atoms with Crippen molar-refractivity contribution in [2.75, 3.05) is 6.54 Å². The Balaban J connectivity index is 1.95. The Morgan fingerprint density at radius 1 is 1.11 bits per heavy atom. The van der Waals surface area contributed by atoms with Crippen LogP contribution in [-0.2, 0) is 26.1 Å². The zero-order valence-electron chi connectivity index (χ0n) is 22.1. The molecule has 0 unspecified atom stereocenters. The van der Waals surface area contributed by atoms with E-state index >= 15 is 0 Å². The number of urea groups is 1. The zero-order chi connectivity index (χ0) is 27.6. The molecular formula is C26H34N4O7. The van der Waals surface area contributed by atoms with Crippen LogP contribution in [0.5, 0.6) is 0 Å². The zero-order valence-corrected chi connectivity index (χ0v) is 22.1. The third-order valence-corrected chi connectivity index (χ3v) is 6.93. The van der Waals surface area contributed by atoms with Crippen molar-refractivity contribution in [3.8, 4) is 0 Å². The number of nitrogens with zero attached hydrogens (tertiary/aromatic N) is 1. The van der Waals surface area contributed by atoms with E-state index in [-0.39, 0.29) is 13.0 Å². The number of aliphatic carboxylic acids is 1. The van der Waals surface area contributed by atoms with Gasteiger partial charge in [0.2, 0.25) is 0 Å². The van der Waals surface area contributed by atoms with E-state index in [2.05, 4.69) is 16.0 Å². The first-order valence-electron chi connectivity index (χ1n) is 12.1. The largest absolute Gasteiger partial charge is 0.481 e. The molecule has 37 heavy (non-hydrogen) atoms. The van der Waals surface area contributed by atoms with Crippen molar-refractivity contribution in [2.45, 2.75) is 83.1 Å². The molecule has 1 aliphatic carbocycles. The summed E-state index contributed by atoms with van der Waals surface area (Å²) in [7, 11) is 0. The van der Waals surface area contributed by atoms with Crippen molar-refractivity contribution in [3.63, 3.8) is 0 Å². The van der Waals surface area contributed by atoms with Gasteiger partial charge in [-0.25, -0.2) is 14.4 Å². The first kappa shape index (κ1) is 26.3. The van der Waals surface area contributed by atoms with Crippen LogP contribution in [0.15, 0.2) is 24.4 Å². The highest BCUT2D eigenvalue weighted by Crippen LogP contribution is 2.47. The summed E-state index contributed by atoms with van der Waals surface area (Å²) in [5, 5.41) is 19.6. The summed E-state index contributed by atoms with van der Waals surface area (Å²) >= 11 is 0. The molecule has 1 saturated heterocycles. The number of aromatic nitrogens is 1. The van der Waals surface area contributed by atoms with E-state index in [0.29, 0.717) is 22.0 Å². The number of amides is 3. The van der Waals surface area contributed by atoms with Gasteiger partial charge in [0.25, 0.3) is 0 Å². The molecule has 1 aromatic carbocycles. The van der Waals surface area contributed by atoms with E-state index in [0.717, 1.165) is 0 Å². The average molecular weight is 515 g/mol. The van der Waals surface area contributed by atoms with Crippen LogP contribution in [-0.4, -0.2) is 63.2 Å². The van der Waals surface area contributed by atoms with Gasteiger partial charge in [0.15, 0.2) is 0 Å². The van der Waals surface area contributed by atoms with Crippen molar-refractivity contribution >= 4 is 35.1 Å². The fourth-order valence-electron chi connectivity index (χ4n) is 5.34. The molecule has 3 amide bonds. The number of carbonyl (C=O) groups excluding carboxylic acids is 3. The highest BCUT2D eigenvalue weighted by Gasteiger charge is 2.64. The van der Waals surface area contributed by atoms with Gasteiger partial charge >= 0.3 is 24.2 Å². The molecule has 0 radical (unpaired) electrons. The summed E-state index contributed by atoms with van der Waals surface area (Å²) in [6.07, 6.45) is 0.366. The normalized spacial score (nSPS) is 25.3. The summed E-state index contributed by atoms with van der Waals surface area (Å²) in [5.41, 5.74) is -3.20. The molecule has 2 aliphatic rings. The maximum Gasteiger partial charge on any atom is 0.419 e. The minimum absolute atomic E-state index is 0.0537. The van der Waals surface area contributed by atoms with E-state index in [1.54, 1.807) is 65.9 Å². The lowest BCUT2D eigenvalue weighted by Crippen LogP contribution is -2.72. The predicted octanol–water partition coefficient (Wildman–Crippen LogP) is 3.27. The number of carbonyl (C=O) groups is 4. The van der Waals surface area contributed by atoms with Crippen molar-refractivity contribution in [2.24, 2.45) is 0 Å². The molecule has 4 N–H and O–H groups in total. The van der Waals surface area contributed by atoms with Gasteiger partial charge in [0.1, 0.15) is 16.6 Å². The number of benzene rings is 1. The van der Waals surface area contributed by atoms with Crippen LogP contribution in [0.1, 0.15) is 59.6 Å². The number of rotatable bonds is 2. The van der Waals surface area contributed by atoms with Gasteiger partial charge in [-0.15, -0.1) is 0 Å². The molecule has 11 nitrogen and oxygen atoms in total. The summed E-state index contributed by atoms with van der Waals surface area (Å²) in [4.78, 5) is 51.6. The lowest BCUT2D eigenvalue weighted by atomic mass is 9.63. The Morgan fingerprint density at radius 3 is 2.30 bits per heavy atom. The molecule has 0 bridgehead atoms. The van der Waals surface area contributed by atoms with E-state index in [1.807, 2.05) is 0 Å². The van der Waals surface area contributed by atoms with Crippen molar-refractivity contribution in [3.05, 3.63) is 35.5 Å². The SMILES string of the molecule is CC(C)(C)OC(=O)N[C@H]1Cc2cn(C(=O)OC(C)(C)C)c3cccc(c23)[C@@](C)(C(=O)O)[C@@]12CNC(=O)N2. The second-order valence-corrected chi connectivity index (χ2v) is 11.8.